The molecule has 0 aliphatic carbocycles. The first kappa shape index (κ1) is 12.4. The van der Waals surface area contributed by atoms with Crippen LogP contribution in [0.1, 0.15) is 13.3 Å². The van der Waals surface area contributed by atoms with Crippen LogP contribution < -0.4 is 0 Å². The smallest absolute Gasteiger partial charge is 0.318 e. The Kier molecular flexibility index (Phi) is 4.39. The van der Waals surface area contributed by atoms with Crippen LogP contribution in [0.5, 0.6) is 0 Å². The lowest BCUT2D eigenvalue weighted by Crippen LogP contribution is -2.34. The first-order chi connectivity index (χ1) is 6.58. The normalized spacial score (nSPS) is 30.3. The molecule has 1 fully saturated rings. The number of esters is 1. The van der Waals surface area contributed by atoms with Crippen molar-refractivity contribution in [1.29, 1.82) is 0 Å². The quantitative estimate of drug-likeness (QED) is 0.550. The Hall–Kier alpha value is 0.380. The van der Waals surface area contributed by atoms with Crippen molar-refractivity contribution in [2.75, 3.05) is 20.3 Å². The summed E-state index contributed by atoms with van der Waals surface area (Å²) in [5.41, 5.74) is 0.418. The molecule has 0 aromatic carbocycles. The van der Waals surface area contributed by atoms with E-state index in [-0.39, 0.29) is 5.97 Å². The Bertz CT molecular complexity index is 273. The number of carbonyl (C=O) groups excluding carboxylic acids is 1. The molecule has 0 N–H and O–H groups in total. The molecule has 0 bridgehead atoms. The van der Waals surface area contributed by atoms with Gasteiger partial charge in [-0.15, -0.1) is 0 Å². The molecule has 1 heterocycles. The average Bonchev–Trinajstić information content (AvgIpc) is 2.61. The second-order valence-electron chi connectivity index (χ2n) is 3.16. The molecule has 0 unspecified atom stereocenters. The molecule has 0 saturated carbocycles. The highest BCUT2D eigenvalue weighted by Gasteiger charge is 2.47. The van der Waals surface area contributed by atoms with E-state index in [1.807, 2.05) is 6.92 Å². The van der Waals surface area contributed by atoms with Gasteiger partial charge >= 0.3 is 5.97 Å². The Morgan fingerprint density at radius 3 is 2.86 bits per heavy atom. The van der Waals surface area contributed by atoms with Crippen molar-refractivity contribution in [1.82, 2.24) is 0 Å². The topological polar surface area (TPSA) is 35.5 Å². The van der Waals surface area contributed by atoms with E-state index < -0.39 is 5.41 Å². The summed E-state index contributed by atoms with van der Waals surface area (Å²) in [5, 5.41) is 0. The van der Waals surface area contributed by atoms with Crippen molar-refractivity contribution in [3.63, 3.8) is 0 Å². The highest BCUT2D eigenvalue weighted by Crippen LogP contribution is 2.43. The summed E-state index contributed by atoms with van der Waals surface area (Å²) < 4.78 is 11.1. The largest absolute Gasteiger partial charge is 0.468 e. The van der Waals surface area contributed by atoms with Gasteiger partial charge in [-0.3, -0.25) is 4.79 Å². The minimum Gasteiger partial charge on any atom is -0.468 e. The van der Waals surface area contributed by atoms with Crippen LogP contribution >= 0.6 is 38.5 Å². The van der Waals surface area contributed by atoms with Crippen molar-refractivity contribution in [2.24, 2.45) is 5.41 Å². The Morgan fingerprint density at radius 1 is 1.79 bits per heavy atom. The summed E-state index contributed by atoms with van der Waals surface area (Å²) in [6.45, 7) is 2.90. The number of hydrogen-bond donors (Lipinski definition) is 0. The SMILES string of the molecule is CC[C@]1(C(=O)OC)COC/C1=C(\Br)I. The van der Waals surface area contributed by atoms with Crippen LogP contribution in [0.2, 0.25) is 0 Å². The van der Waals surface area contributed by atoms with Crippen LogP contribution in [-0.2, 0) is 14.3 Å². The Morgan fingerprint density at radius 2 is 2.43 bits per heavy atom. The van der Waals surface area contributed by atoms with Crippen molar-refractivity contribution in [3.05, 3.63) is 8.06 Å². The number of rotatable bonds is 2. The molecule has 80 valence electrons. The molecule has 0 amide bonds. The fourth-order valence-corrected chi connectivity index (χ4v) is 2.79. The number of halogens is 2. The fourth-order valence-electron chi connectivity index (χ4n) is 1.63. The average molecular weight is 375 g/mol. The number of ether oxygens (including phenoxy) is 2. The van der Waals surface area contributed by atoms with E-state index in [1.165, 1.54) is 7.11 Å². The van der Waals surface area contributed by atoms with E-state index in [0.29, 0.717) is 19.6 Å². The van der Waals surface area contributed by atoms with Gasteiger partial charge in [0.2, 0.25) is 0 Å². The van der Waals surface area contributed by atoms with Crippen LogP contribution in [0.15, 0.2) is 8.06 Å². The van der Waals surface area contributed by atoms with E-state index in [0.717, 1.165) is 8.06 Å². The minimum atomic E-state index is -0.575. The molecular formula is C9H12BrIO3. The third-order valence-electron chi connectivity index (χ3n) is 2.58. The summed E-state index contributed by atoms with van der Waals surface area (Å²) in [6.07, 6.45) is 0.701. The van der Waals surface area contributed by atoms with Gasteiger partial charge in [0.1, 0.15) is 5.41 Å². The lowest BCUT2D eigenvalue weighted by molar-refractivity contribution is -0.151. The van der Waals surface area contributed by atoms with E-state index in [1.54, 1.807) is 0 Å². The van der Waals surface area contributed by atoms with Crippen LogP contribution in [0, 0.1) is 5.41 Å². The molecular weight excluding hydrogens is 363 g/mol. The molecule has 1 aliphatic heterocycles. The molecule has 5 heteroatoms. The predicted molar refractivity (Wildman–Crippen MR) is 65.5 cm³/mol. The fraction of sp³-hybridized carbons (Fsp3) is 0.667. The minimum absolute atomic E-state index is 0.207. The van der Waals surface area contributed by atoms with Gasteiger partial charge < -0.3 is 9.47 Å². The van der Waals surface area contributed by atoms with E-state index in [2.05, 4.69) is 38.5 Å². The van der Waals surface area contributed by atoms with Gasteiger partial charge in [-0.2, -0.15) is 0 Å². The van der Waals surface area contributed by atoms with E-state index in [4.69, 9.17) is 9.47 Å². The number of carbonyl (C=O) groups is 1. The third-order valence-corrected chi connectivity index (χ3v) is 3.71. The van der Waals surface area contributed by atoms with Crippen LogP contribution in [0.4, 0.5) is 0 Å². The van der Waals surface area contributed by atoms with E-state index in [9.17, 15) is 4.79 Å². The third kappa shape index (κ3) is 1.99. The summed E-state index contributed by atoms with van der Waals surface area (Å²) in [5.74, 6) is -0.207. The maximum atomic E-state index is 11.7. The van der Waals surface area contributed by atoms with Gasteiger partial charge in [0.15, 0.2) is 0 Å². The van der Waals surface area contributed by atoms with Crippen molar-refractivity contribution >= 4 is 44.5 Å². The molecule has 0 radical (unpaired) electrons. The molecule has 1 aliphatic rings. The first-order valence-electron chi connectivity index (χ1n) is 4.29. The van der Waals surface area contributed by atoms with Crippen molar-refractivity contribution in [2.45, 2.75) is 13.3 Å². The zero-order valence-electron chi connectivity index (χ0n) is 8.10. The van der Waals surface area contributed by atoms with Crippen molar-refractivity contribution < 1.29 is 14.3 Å². The lowest BCUT2D eigenvalue weighted by Gasteiger charge is -2.24. The van der Waals surface area contributed by atoms with Gasteiger partial charge in [-0.1, -0.05) is 6.92 Å². The zero-order chi connectivity index (χ0) is 10.8. The Balaban J connectivity index is 3.11. The summed E-state index contributed by atoms with van der Waals surface area (Å²) in [7, 11) is 1.41. The predicted octanol–water partition coefficient (Wildman–Crippen LogP) is 2.63. The van der Waals surface area contributed by atoms with Crippen LogP contribution in [0.25, 0.3) is 0 Å². The molecule has 0 aromatic rings. The standard InChI is InChI=1S/C9H12BrIO3/c1-3-9(8(12)13-2)5-14-4-6(9)7(10)11/h3-5H2,1-2H3/b7-6-/t9-/m0/s1. The van der Waals surface area contributed by atoms with Crippen LogP contribution in [0.3, 0.4) is 0 Å². The van der Waals surface area contributed by atoms with Gasteiger partial charge in [0.05, 0.1) is 22.8 Å². The molecule has 0 aromatic heterocycles. The molecule has 1 rings (SSSR count). The number of methoxy groups -OCH3 is 1. The molecule has 3 nitrogen and oxygen atoms in total. The van der Waals surface area contributed by atoms with E-state index >= 15 is 0 Å². The maximum Gasteiger partial charge on any atom is 0.318 e. The monoisotopic (exact) mass is 374 g/mol. The van der Waals surface area contributed by atoms with Gasteiger partial charge in [0.25, 0.3) is 0 Å². The molecule has 0 spiro atoms. The summed E-state index contributed by atoms with van der Waals surface area (Å²) >= 11 is 5.54. The molecule has 1 saturated heterocycles. The van der Waals surface area contributed by atoms with Crippen LogP contribution in [-0.4, -0.2) is 26.3 Å². The number of hydrogen-bond acceptors (Lipinski definition) is 3. The van der Waals surface area contributed by atoms with Crippen molar-refractivity contribution in [3.8, 4) is 0 Å². The highest BCUT2D eigenvalue weighted by molar-refractivity contribution is 14.1. The summed E-state index contributed by atoms with van der Waals surface area (Å²) in [4.78, 5) is 11.7. The second kappa shape index (κ2) is 4.94. The second-order valence-corrected chi connectivity index (χ2v) is 6.51. The molecule has 14 heavy (non-hydrogen) atoms. The highest BCUT2D eigenvalue weighted by atomic mass is 127. The zero-order valence-corrected chi connectivity index (χ0v) is 11.8. The summed E-state index contributed by atoms with van der Waals surface area (Å²) in [6, 6.07) is 0. The molecule has 1 atom stereocenters. The first-order valence-corrected chi connectivity index (χ1v) is 6.16. The maximum absolute atomic E-state index is 11.7. The Labute approximate surface area is 105 Å². The van der Waals surface area contributed by atoms with Gasteiger partial charge in [0, 0.05) is 0 Å². The lowest BCUT2D eigenvalue weighted by atomic mass is 9.81. The van der Waals surface area contributed by atoms with Gasteiger partial charge in [-0.25, -0.2) is 0 Å². The van der Waals surface area contributed by atoms with Gasteiger partial charge in [-0.05, 0) is 50.5 Å².